The van der Waals surface area contributed by atoms with Gasteiger partial charge in [0, 0.05) is 50.5 Å². The molecular formula is C33H42FN7O2. The van der Waals surface area contributed by atoms with Crippen LogP contribution in [0.4, 0.5) is 20.6 Å². The number of nitriles is 1. The Morgan fingerprint density at radius 3 is 2.60 bits per heavy atom. The van der Waals surface area contributed by atoms with Crippen molar-refractivity contribution in [2.75, 3.05) is 36.8 Å². The zero-order chi connectivity index (χ0) is 30.3. The molecule has 0 bridgehead atoms. The Bertz CT molecular complexity index is 1380. The lowest BCUT2D eigenvalue weighted by Crippen LogP contribution is -2.60. The first-order valence-corrected chi connectivity index (χ1v) is 15.5. The van der Waals surface area contributed by atoms with E-state index in [2.05, 4.69) is 40.4 Å². The molecule has 0 radical (unpaired) electrons. The SMILES string of the molecule is CC(C)C1CN(C(=O)Nc2cccc(F)c2)CCN1/C(=N\C#N)Nc1cccc2c1CCN(C(=O)CCC1CCCC1)C2. The van der Waals surface area contributed by atoms with E-state index in [0.717, 1.165) is 29.7 Å². The summed E-state index contributed by atoms with van der Waals surface area (Å²) in [6, 6.07) is 11.5. The Morgan fingerprint density at radius 2 is 1.86 bits per heavy atom. The van der Waals surface area contributed by atoms with Crippen molar-refractivity contribution in [3.8, 4) is 6.19 Å². The lowest BCUT2D eigenvalue weighted by Gasteiger charge is -2.44. The third-order valence-electron chi connectivity index (χ3n) is 9.09. The number of nitrogens with one attached hydrogen (secondary N) is 2. The third-order valence-corrected chi connectivity index (χ3v) is 9.09. The number of carbonyl (C=O) groups is 2. The van der Waals surface area contributed by atoms with E-state index in [1.165, 1.54) is 37.8 Å². The van der Waals surface area contributed by atoms with Gasteiger partial charge in [0.05, 0.1) is 6.04 Å². The topological polar surface area (TPSA) is 104 Å². The van der Waals surface area contributed by atoms with Gasteiger partial charge in [-0.15, -0.1) is 4.99 Å². The van der Waals surface area contributed by atoms with E-state index in [1.54, 1.807) is 17.0 Å². The lowest BCUT2D eigenvalue weighted by molar-refractivity contribution is -0.132. The Morgan fingerprint density at radius 1 is 1.07 bits per heavy atom. The molecule has 228 valence electrons. The van der Waals surface area contributed by atoms with Gasteiger partial charge >= 0.3 is 6.03 Å². The van der Waals surface area contributed by atoms with Crippen LogP contribution in [0.25, 0.3) is 0 Å². The molecule has 1 saturated heterocycles. The Hall–Kier alpha value is -4.13. The second-order valence-corrected chi connectivity index (χ2v) is 12.2. The van der Waals surface area contributed by atoms with Crippen LogP contribution < -0.4 is 10.6 Å². The van der Waals surface area contributed by atoms with Crippen LogP contribution in [0.1, 0.15) is 63.5 Å². The molecule has 0 spiro atoms. The predicted molar refractivity (Wildman–Crippen MR) is 166 cm³/mol. The third kappa shape index (κ3) is 7.45. The molecule has 3 amide bonds. The maximum Gasteiger partial charge on any atom is 0.321 e. The van der Waals surface area contributed by atoms with Crippen molar-refractivity contribution in [3.63, 3.8) is 0 Å². The Kier molecular flexibility index (Phi) is 9.80. The van der Waals surface area contributed by atoms with Crippen LogP contribution in [0.2, 0.25) is 0 Å². The number of amides is 3. The molecule has 5 rings (SSSR count). The van der Waals surface area contributed by atoms with Gasteiger partial charge in [0.1, 0.15) is 5.82 Å². The van der Waals surface area contributed by atoms with Crippen LogP contribution in [0.15, 0.2) is 47.5 Å². The molecule has 1 unspecified atom stereocenters. The minimum absolute atomic E-state index is 0.0980. The smallest absolute Gasteiger partial charge is 0.321 e. The number of fused-ring (bicyclic) bond motifs is 1. The van der Waals surface area contributed by atoms with E-state index in [0.29, 0.717) is 56.7 Å². The van der Waals surface area contributed by atoms with Crippen LogP contribution in [-0.4, -0.2) is 64.8 Å². The number of hydrogen-bond acceptors (Lipinski definition) is 4. The Labute approximate surface area is 253 Å². The van der Waals surface area contributed by atoms with Crippen LogP contribution in [0, 0.1) is 29.1 Å². The maximum absolute atomic E-state index is 13.6. The molecule has 2 aromatic rings. The van der Waals surface area contributed by atoms with Crippen molar-refractivity contribution < 1.29 is 14.0 Å². The van der Waals surface area contributed by atoms with E-state index in [4.69, 9.17) is 0 Å². The normalized spacial score (nSPS) is 19.3. The van der Waals surface area contributed by atoms with Gasteiger partial charge in [0.25, 0.3) is 0 Å². The molecule has 2 fully saturated rings. The number of carbonyl (C=O) groups excluding carboxylic acids is 2. The zero-order valence-electron chi connectivity index (χ0n) is 25.2. The molecule has 43 heavy (non-hydrogen) atoms. The first-order valence-electron chi connectivity index (χ1n) is 15.5. The van der Waals surface area contributed by atoms with Crippen LogP contribution in [0.3, 0.4) is 0 Å². The van der Waals surface area contributed by atoms with E-state index < -0.39 is 5.82 Å². The fourth-order valence-corrected chi connectivity index (χ4v) is 6.65. The highest BCUT2D eigenvalue weighted by atomic mass is 19.1. The number of halogens is 1. The molecule has 2 aromatic carbocycles. The fraction of sp³-hybridized carbons (Fsp3) is 0.515. The minimum Gasteiger partial charge on any atom is -0.338 e. The summed E-state index contributed by atoms with van der Waals surface area (Å²) in [5.41, 5.74) is 3.55. The van der Waals surface area contributed by atoms with Gasteiger partial charge in [0.15, 0.2) is 0 Å². The van der Waals surface area contributed by atoms with Gasteiger partial charge in [-0.05, 0) is 60.1 Å². The molecule has 1 atom stereocenters. The lowest BCUT2D eigenvalue weighted by atomic mass is 9.96. The molecule has 3 aliphatic rings. The summed E-state index contributed by atoms with van der Waals surface area (Å²) in [6.07, 6.45) is 9.41. The molecule has 2 aliphatic heterocycles. The number of benzene rings is 2. The van der Waals surface area contributed by atoms with Crippen LogP contribution in [0.5, 0.6) is 0 Å². The second kappa shape index (κ2) is 13.9. The number of nitrogens with zero attached hydrogens (tertiary/aromatic N) is 5. The van der Waals surface area contributed by atoms with Gasteiger partial charge in [-0.3, -0.25) is 4.79 Å². The predicted octanol–water partition coefficient (Wildman–Crippen LogP) is 5.80. The summed E-state index contributed by atoms with van der Waals surface area (Å²) in [4.78, 5) is 36.0. The number of hydrogen-bond donors (Lipinski definition) is 2. The van der Waals surface area contributed by atoms with Crippen molar-refractivity contribution in [1.29, 1.82) is 5.26 Å². The van der Waals surface area contributed by atoms with E-state index in [-0.39, 0.29) is 23.9 Å². The number of aliphatic imine (C=N–C) groups is 1. The van der Waals surface area contributed by atoms with Crippen molar-refractivity contribution in [2.45, 2.75) is 71.4 Å². The maximum atomic E-state index is 13.6. The van der Waals surface area contributed by atoms with Crippen molar-refractivity contribution in [2.24, 2.45) is 16.8 Å². The molecule has 2 N–H and O–H groups in total. The van der Waals surface area contributed by atoms with Gasteiger partial charge in [-0.2, -0.15) is 5.26 Å². The molecule has 0 aromatic heterocycles. The summed E-state index contributed by atoms with van der Waals surface area (Å²) < 4.78 is 13.6. The number of anilines is 2. The first-order chi connectivity index (χ1) is 20.8. The molecule has 9 nitrogen and oxygen atoms in total. The second-order valence-electron chi connectivity index (χ2n) is 12.2. The van der Waals surface area contributed by atoms with Gasteiger partial charge in [-0.1, -0.05) is 57.7 Å². The van der Waals surface area contributed by atoms with E-state index >= 15 is 0 Å². The molecule has 1 saturated carbocycles. The molecule has 1 aliphatic carbocycles. The summed E-state index contributed by atoms with van der Waals surface area (Å²) in [5.74, 6) is 1.14. The monoisotopic (exact) mass is 587 g/mol. The van der Waals surface area contributed by atoms with E-state index in [9.17, 15) is 19.2 Å². The fourth-order valence-electron chi connectivity index (χ4n) is 6.65. The van der Waals surface area contributed by atoms with E-state index in [1.807, 2.05) is 23.2 Å². The van der Waals surface area contributed by atoms with Gasteiger partial charge in [0.2, 0.25) is 18.1 Å². The highest BCUT2D eigenvalue weighted by Gasteiger charge is 2.34. The zero-order valence-corrected chi connectivity index (χ0v) is 25.2. The number of guanidine groups is 1. The summed E-state index contributed by atoms with van der Waals surface area (Å²) in [6.45, 7) is 6.75. The number of urea groups is 1. The quantitative estimate of drug-likeness (QED) is 0.252. The highest BCUT2D eigenvalue weighted by Crippen LogP contribution is 2.31. The molecule has 2 heterocycles. The van der Waals surface area contributed by atoms with Crippen LogP contribution >= 0.6 is 0 Å². The standard InChI is InChI=1S/C33H42FN7O2/c1-23(2)30-21-40(33(43)37-27-11-6-10-26(34)19-27)17-18-41(30)32(36-22-35)38-29-12-5-9-25-20-39(16-15-28(25)29)31(42)14-13-24-7-3-4-8-24/h5-6,9-12,19,23-24,30H,3-4,7-8,13-18,20-21H2,1-2H3,(H,36,38)(H,37,43). The summed E-state index contributed by atoms with van der Waals surface area (Å²) >= 11 is 0. The molecular weight excluding hydrogens is 545 g/mol. The van der Waals surface area contributed by atoms with Crippen LogP contribution in [-0.2, 0) is 17.8 Å². The number of piperazine rings is 1. The van der Waals surface area contributed by atoms with Crippen molar-refractivity contribution >= 4 is 29.3 Å². The summed E-state index contributed by atoms with van der Waals surface area (Å²) in [7, 11) is 0. The highest BCUT2D eigenvalue weighted by molar-refractivity contribution is 5.96. The molecule has 10 heteroatoms. The minimum atomic E-state index is -0.409. The first kappa shape index (κ1) is 30.3. The van der Waals surface area contributed by atoms with Gasteiger partial charge in [-0.25, -0.2) is 9.18 Å². The number of rotatable bonds is 6. The average molecular weight is 588 g/mol. The van der Waals surface area contributed by atoms with Crippen molar-refractivity contribution in [1.82, 2.24) is 14.7 Å². The average Bonchev–Trinajstić information content (AvgIpc) is 3.53. The van der Waals surface area contributed by atoms with Gasteiger partial charge < -0.3 is 25.3 Å². The summed E-state index contributed by atoms with van der Waals surface area (Å²) in [5, 5.41) is 15.8. The Balaban J connectivity index is 1.25. The largest absolute Gasteiger partial charge is 0.338 e. The van der Waals surface area contributed by atoms with Crippen molar-refractivity contribution in [3.05, 3.63) is 59.4 Å².